The largest absolute Gasteiger partial charge is 0.396 e. The van der Waals surface area contributed by atoms with E-state index in [-0.39, 0.29) is 12.0 Å². The van der Waals surface area contributed by atoms with Gasteiger partial charge < -0.3 is 10.4 Å². The van der Waals surface area contributed by atoms with Gasteiger partial charge in [-0.2, -0.15) is 0 Å². The lowest BCUT2D eigenvalue weighted by Gasteiger charge is -2.33. The number of hydrogen-bond acceptors (Lipinski definition) is 3. The van der Waals surface area contributed by atoms with Crippen LogP contribution in [0.1, 0.15) is 53.4 Å². The molecule has 0 amide bonds. The van der Waals surface area contributed by atoms with E-state index in [2.05, 4.69) is 37.9 Å². The van der Waals surface area contributed by atoms with Gasteiger partial charge in [0.25, 0.3) is 0 Å². The van der Waals surface area contributed by atoms with E-state index in [1.54, 1.807) is 0 Å². The smallest absolute Gasteiger partial charge is 0.0446 e. The molecular weight excluding hydrogens is 224 g/mol. The van der Waals surface area contributed by atoms with Crippen LogP contribution in [-0.2, 0) is 0 Å². The SMILES string of the molecule is CC1CC(NC(CCO)C(C)(C)C)CN1C1CC1. The Bertz CT molecular complexity index is 270. The Labute approximate surface area is 112 Å². The Morgan fingerprint density at radius 3 is 2.50 bits per heavy atom. The summed E-state index contributed by atoms with van der Waals surface area (Å²) in [6, 6.07) is 2.62. The molecule has 2 aliphatic rings. The molecule has 2 rings (SSSR count). The third kappa shape index (κ3) is 3.46. The average molecular weight is 254 g/mol. The van der Waals surface area contributed by atoms with Crippen molar-refractivity contribution in [1.29, 1.82) is 0 Å². The van der Waals surface area contributed by atoms with Crippen LogP contribution in [0, 0.1) is 5.41 Å². The Hall–Kier alpha value is -0.120. The van der Waals surface area contributed by atoms with Crippen molar-refractivity contribution in [2.45, 2.75) is 77.5 Å². The highest BCUT2D eigenvalue weighted by molar-refractivity contribution is 4.97. The molecule has 18 heavy (non-hydrogen) atoms. The van der Waals surface area contributed by atoms with E-state index in [4.69, 9.17) is 0 Å². The summed E-state index contributed by atoms with van der Waals surface area (Å²) < 4.78 is 0. The van der Waals surface area contributed by atoms with Crippen molar-refractivity contribution in [3.63, 3.8) is 0 Å². The van der Waals surface area contributed by atoms with E-state index in [9.17, 15) is 5.11 Å². The summed E-state index contributed by atoms with van der Waals surface area (Å²) in [4.78, 5) is 2.68. The minimum Gasteiger partial charge on any atom is -0.396 e. The summed E-state index contributed by atoms with van der Waals surface area (Å²) in [7, 11) is 0. The fourth-order valence-corrected chi connectivity index (χ4v) is 3.27. The van der Waals surface area contributed by atoms with Crippen molar-refractivity contribution < 1.29 is 5.11 Å². The van der Waals surface area contributed by atoms with Crippen LogP contribution in [0.15, 0.2) is 0 Å². The molecule has 1 heterocycles. The van der Waals surface area contributed by atoms with Crippen molar-refractivity contribution in [1.82, 2.24) is 10.2 Å². The Kier molecular flexibility index (Phi) is 4.35. The van der Waals surface area contributed by atoms with Crippen molar-refractivity contribution in [3.8, 4) is 0 Å². The highest BCUT2D eigenvalue weighted by Crippen LogP contribution is 2.34. The normalized spacial score (nSPS) is 31.8. The zero-order valence-electron chi connectivity index (χ0n) is 12.4. The molecule has 3 heteroatoms. The Morgan fingerprint density at radius 2 is 2.00 bits per heavy atom. The maximum absolute atomic E-state index is 9.23. The van der Waals surface area contributed by atoms with Crippen LogP contribution in [0.3, 0.4) is 0 Å². The summed E-state index contributed by atoms with van der Waals surface area (Å²) in [6.07, 6.45) is 4.92. The zero-order chi connectivity index (χ0) is 13.3. The van der Waals surface area contributed by atoms with Gasteiger partial charge in [0.15, 0.2) is 0 Å². The summed E-state index contributed by atoms with van der Waals surface area (Å²) in [6.45, 7) is 10.6. The highest BCUT2D eigenvalue weighted by Gasteiger charge is 2.39. The topological polar surface area (TPSA) is 35.5 Å². The number of aliphatic hydroxyl groups is 1. The number of aliphatic hydroxyl groups excluding tert-OH is 1. The van der Waals surface area contributed by atoms with E-state index in [0.717, 1.165) is 18.5 Å². The Morgan fingerprint density at radius 1 is 1.33 bits per heavy atom. The van der Waals surface area contributed by atoms with Crippen LogP contribution in [0.5, 0.6) is 0 Å². The minimum atomic E-state index is 0.221. The molecule has 3 nitrogen and oxygen atoms in total. The summed E-state index contributed by atoms with van der Waals surface area (Å²) in [5.74, 6) is 0. The second-order valence-corrected chi connectivity index (χ2v) is 7.31. The van der Waals surface area contributed by atoms with E-state index in [1.807, 2.05) is 0 Å². The van der Waals surface area contributed by atoms with Gasteiger partial charge in [-0.15, -0.1) is 0 Å². The van der Waals surface area contributed by atoms with Gasteiger partial charge >= 0.3 is 0 Å². The predicted octanol–water partition coefficient (Wildman–Crippen LogP) is 2.00. The van der Waals surface area contributed by atoms with Crippen molar-refractivity contribution in [2.75, 3.05) is 13.2 Å². The van der Waals surface area contributed by atoms with Crippen LogP contribution >= 0.6 is 0 Å². The van der Waals surface area contributed by atoms with E-state index in [1.165, 1.54) is 25.8 Å². The van der Waals surface area contributed by atoms with Gasteiger partial charge in [0.05, 0.1) is 0 Å². The van der Waals surface area contributed by atoms with Gasteiger partial charge in [-0.1, -0.05) is 20.8 Å². The van der Waals surface area contributed by atoms with Crippen LogP contribution in [-0.4, -0.2) is 47.3 Å². The van der Waals surface area contributed by atoms with E-state index >= 15 is 0 Å². The van der Waals surface area contributed by atoms with E-state index in [0.29, 0.717) is 12.1 Å². The summed E-state index contributed by atoms with van der Waals surface area (Å²) in [5, 5.41) is 13.0. The van der Waals surface area contributed by atoms with Gasteiger partial charge in [-0.25, -0.2) is 0 Å². The van der Waals surface area contributed by atoms with Crippen LogP contribution < -0.4 is 5.32 Å². The fraction of sp³-hybridized carbons (Fsp3) is 1.00. The fourth-order valence-electron chi connectivity index (χ4n) is 3.27. The van der Waals surface area contributed by atoms with Crippen LogP contribution in [0.2, 0.25) is 0 Å². The number of hydrogen-bond donors (Lipinski definition) is 2. The monoisotopic (exact) mass is 254 g/mol. The lowest BCUT2D eigenvalue weighted by atomic mass is 9.84. The second kappa shape index (κ2) is 5.48. The zero-order valence-corrected chi connectivity index (χ0v) is 12.4. The maximum atomic E-state index is 9.23. The third-order valence-electron chi connectivity index (χ3n) is 4.54. The van der Waals surface area contributed by atoms with Gasteiger partial charge in [-0.3, -0.25) is 4.90 Å². The lowest BCUT2D eigenvalue weighted by molar-refractivity contribution is 0.183. The number of nitrogens with zero attached hydrogens (tertiary/aromatic N) is 1. The molecule has 0 aromatic carbocycles. The average Bonchev–Trinajstić information content (AvgIpc) is 3.02. The first-order valence-electron chi connectivity index (χ1n) is 7.54. The number of nitrogens with one attached hydrogen (secondary N) is 1. The highest BCUT2D eigenvalue weighted by atomic mass is 16.3. The molecule has 0 bridgehead atoms. The van der Waals surface area contributed by atoms with Gasteiger partial charge in [-0.05, 0) is 38.0 Å². The van der Waals surface area contributed by atoms with Crippen LogP contribution in [0.4, 0.5) is 0 Å². The second-order valence-electron chi connectivity index (χ2n) is 7.31. The van der Waals surface area contributed by atoms with Crippen molar-refractivity contribution >= 4 is 0 Å². The molecule has 2 N–H and O–H groups in total. The number of likely N-dealkylation sites (tertiary alicyclic amines) is 1. The Balaban J connectivity index is 1.88. The minimum absolute atomic E-state index is 0.221. The molecule has 3 atom stereocenters. The first-order valence-corrected chi connectivity index (χ1v) is 7.54. The molecule has 0 radical (unpaired) electrons. The molecule has 1 aliphatic carbocycles. The molecule has 0 aromatic heterocycles. The lowest BCUT2D eigenvalue weighted by Crippen LogP contribution is -2.47. The molecular formula is C15H30N2O. The molecule has 1 aliphatic heterocycles. The van der Waals surface area contributed by atoms with E-state index < -0.39 is 0 Å². The molecule has 1 saturated carbocycles. The summed E-state index contributed by atoms with van der Waals surface area (Å²) in [5.41, 5.74) is 0.221. The molecule has 2 fully saturated rings. The molecule has 1 saturated heterocycles. The van der Waals surface area contributed by atoms with Crippen molar-refractivity contribution in [3.05, 3.63) is 0 Å². The first-order chi connectivity index (χ1) is 8.41. The van der Waals surface area contributed by atoms with Crippen LogP contribution in [0.25, 0.3) is 0 Å². The standard InChI is InChI=1S/C15H30N2O/c1-11-9-12(10-17(11)13-5-6-13)16-14(7-8-18)15(2,3)4/h11-14,16,18H,5-10H2,1-4H3. The van der Waals surface area contributed by atoms with Gasteiger partial charge in [0.1, 0.15) is 0 Å². The van der Waals surface area contributed by atoms with Gasteiger partial charge in [0, 0.05) is 37.3 Å². The maximum Gasteiger partial charge on any atom is 0.0446 e. The first kappa shape index (κ1) is 14.3. The predicted molar refractivity (Wildman–Crippen MR) is 75.7 cm³/mol. The molecule has 106 valence electrons. The van der Waals surface area contributed by atoms with Crippen molar-refractivity contribution in [2.24, 2.45) is 5.41 Å². The molecule has 3 unspecified atom stereocenters. The molecule has 0 spiro atoms. The quantitative estimate of drug-likeness (QED) is 0.788. The van der Waals surface area contributed by atoms with Gasteiger partial charge in [0.2, 0.25) is 0 Å². The number of rotatable bonds is 5. The third-order valence-corrected chi connectivity index (χ3v) is 4.54. The summed E-state index contributed by atoms with van der Waals surface area (Å²) >= 11 is 0. The molecule has 0 aromatic rings.